The molecular formula is C18H19N5O3S. The van der Waals surface area contributed by atoms with Crippen LogP contribution in [0.1, 0.15) is 22.3 Å². The fourth-order valence-electron chi connectivity index (χ4n) is 2.95. The minimum atomic E-state index is -0.437. The molecule has 8 nitrogen and oxygen atoms in total. The van der Waals surface area contributed by atoms with Gasteiger partial charge in [-0.25, -0.2) is 4.98 Å². The van der Waals surface area contributed by atoms with Gasteiger partial charge < -0.3 is 5.11 Å². The van der Waals surface area contributed by atoms with Crippen molar-refractivity contribution in [2.45, 2.75) is 13.0 Å². The van der Waals surface area contributed by atoms with E-state index in [2.05, 4.69) is 28.1 Å². The Balaban J connectivity index is 2.14. The Morgan fingerprint density at radius 2 is 1.96 bits per heavy atom. The Labute approximate surface area is 159 Å². The van der Waals surface area contributed by atoms with Crippen molar-refractivity contribution in [1.29, 1.82) is 0 Å². The lowest BCUT2D eigenvalue weighted by Crippen LogP contribution is -2.29. The van der Waals surface area contributed by atoms with E-state index in [1.807, 2.05) is 0 Å². The second kappa shape index (κ2) is 7.68. The van der Waals surface area contributed by atoms with Crippen molar-refractivity contribution in [3.05, 3.63) is 76.0 Å². The molecule has 0 aliphatic carbocycles. The van der Waals surface area contributed by atoms with Crippen LogP contribution in [0.15, 0.2) is 49.6 Å². The van der Waals surface area contributed by atoms with Crippen LogP contribution in [0.4, 0.5) is 5.69 Å². The highest BCUT2D eigenvalue weighted by atomic mass is 32.1. The predicted octanol–water partition coefficient (Wildman–Crippen LogP) is 3.48. The number of aryl methyl sites for hydroxylation is 1. The van der Waals surface area contributed by atoms with E-state index in [1.54, 1.807) is 31.2 Å². The Kier molecular flexibility index (Phi) is 5.33. The summed E-state index contributed by atoms with van der Waals surface area (Å²) in [7, 11) is 0. The van der Waals surface area contributed by atoms with Crippen molar-refractivity contribution >= 4 is 22.0 Å². The summed E-state index contributed by atoms with van der Waals surface area (Å²) < 4.78 is 1.41. The van der Waals surface area contributed by atoms with Crippen molar-refractivity contribution in [2.24, 2.45) is 0 Å². The molecule has 0 radical (unpaired) electrons. The lowest BCUT2D eigenvalue weighted by Gasteiger charge is -2.29. The molecule has 0 saturated carbocycles. The first-order chi connectivity index (χ1) is 13.0. The lowest BCUT2D eigenvalue weighted by molar-refractivity contribution is -0.384. The molecule has 0 bridgehead atoms. The number of nitro benzene ring substituents is 1. The minimum absolute atomic E-state index is 0.0112. The Hall–Kier alpha value is -3.04. The van der Waals surface area contributed by atoms with Crippen molar-refractivity contribution in [1.82, 2.24) is 19.5 Å². The second-order valence-electron chi connectivity index (χ2n) is 5.93. The maximum absolute atomic E-state index is 11.0. The number of thiazole rings is 1. The molecule has 140 valence electrons. The summed E-state index contributed by atoms with van der Waals surface area (Å²) in [6, 6.07) is 5.96. The highest BCUT2D eigenvalue weighted by Crippen LogP contribution is 2.40. The Morgan fingerprint density at radius 1 is 1.33 bits per heavy atom. The molecule has 0 fully saturated rings. The van der Waals surface area contributed by atoms with Crippen LogP contribution in [0.5, 0.6) is 5.88 Å². The fraction of sp³-hybridized carbons (Fsp3) is 0.222. The van der Waals surface area contributed by atoms with Crippen molar-refractivity contribution in [2.75, 3.05) is 13.1 Å². The van der Waals surface area contributed by atoms with Gasteiger partial charge in [-0.1, -0.05) is 35.6 Å². The molecule has 0 amide bonds. The van der Waals surface area contributed by atoms with E-state index in [0.29, 0.717) is 28.8 Å². The van der Waals surface area contributed by atoms with Crippen molar-refractivity contribution in [3.63, 3.8) is 0 Å². The average Bonchev–Trinajstić information content (AvgIpc) is 3.14. The minimum Gasteiger partial charge on any atom is -0.492 e. The van der Waals surface area contributed by atoms with Crippen LogP contribution in [-0.2, 0) is 0 Å². The third kappa shape index (κ3) is 3.60. The molecule has 3 aromatic rings. The third-order valence-corrected chi connectivity index (χ3v) is 5.14. The number of benzene rings is 1. The normalized spacial score (nSPS) is 12.4. The summed E-state index contributed by atoms with van der Waals surface area (Å²) in [5, 5.41) is 25.9. The number of fused-ring (bicyclic) bond motifs is 1. The van der Waals surface area contributed by atoms with Gasteiger partial charge in [-0.2, -0.15) is 4.52 Å². The molecule has 1 aromatic carbocycles. The van der Waals surface area contributed by atoms with E-state index < -0.39 is 4.92 Å². The molecule has 2 heterocycles. The van der Waals surface area contributed by atoms with Gasteiger partial charge in [-0.05, 0) is 12.5 Å². The van der Waals surface area contributed by atoms with Crippen molar-refractivity contribution < 1.29 is 10.0 Å². The lowest BCUT2D eigenvalue weighted by atomic mass is 10.0. The van der Waals surface area contributed by atoms with E-state index in [0.717, 1.165) is 5.56 Å². The summed E-state index contributed by atoms with van der Waals surface area (Å²) in [6.07, 6.45) is 3.53. The molecule has 0 saturated heterocycles. The fourth-order valence-corrected chi connectivity index (χ4v) is 4.11. The molecule has 1 unspecified atom stereocenters. The maximum Gasteiger partial charge on any atom is 0.269 e. The zero-order chi connectivity index (χ0) is 19.6. The van der Waals surface area contributed by atoms with Gasteiger partial charge in [0, 0.05) is 25.2 Å². The van der Waals surface area contributed by atoms with Gasteiger partial charge in [0.05, 0.1) is 15.8 Å². The van der Waals surface area contributed by atoms with Crippen LogP contribution in [0, 0.1) is 17.0 Å². The largest absolute Gasteiger partial charge is 0.492 e. The summed E-state index contributed by atoms with van der Waals surface area (Å²) >= 11 is 1.33. The monoisotopic (exact) mass is 385 g/mol. The molecule has 0 aliphatic rings. The molecule has 3 rings (SSSR count). The van der Waals surface area contributed by atoms with Crippen LogP contribution in [0.3, 0.4) is 0 Å². The number of aromatic hydroxyl groups is 1. The zero-order valence-corrected chi connectivity index (χ0v) is 15.6. The third-order valence-electron chi connectivity index (χ3n) is 4.07. The highest BCUT2D eigenvalue weighted by Gasteiger charge is 2.29. The van der Waals surface area contributed by atoms with Crippen LogP contribution >= 0.6 is 11.3 Å². The maximum atomic E-state index is 11.0. The van der Waals surface area contributed by atoms with Crippen LogP contribution in [0.2, 0.25) is 0 Å². The molecular weight excluding hydrogens is 366 g/mol. The van der Waals surface area contributed by atoms with Gasteiger partial charge in [-0.15, -0.1) is 18.3 Å². The first kappa shape index (κ1) is 18.7. The number of rotatable bonds is 8. The highest BCUT2D eigenvalue weighted by molar-refractivity contribution is 7.17. The molecule has 27 heavy (non-hydrogen) atoms. The molecule has 2 aromatic heterocycles. The van der Waals surface area contributed by atoms with Crippen molar-refractivity contribution in [3.8, 4) is 5.88 Å². The van der Waals surface area contributed by atoms with Gasteiger partial charge >= 0.3 is 0 Å². The first-order valence-electron chi connectivity index (χ1n) is 8.21. The van der Waals surface area contributed by atoms with E-state index in [4.69, 9.17) is 0 Å². The van der Waals surface area contributed by atoms with E-state index in [1.165, 1.54) is 28.0 Å². The van der Waals surface area contributed by atoms with Gasteiger partial charge in [0.15, 0.2) is 0 Å². The van der Waals surface area contributed by atoms with Gasteiger partial charge in [-0.3, -0.25) is 15.0 Å². The number of aromatic nitrogens is 3. The summed E-state index contributed by atoms with van der Waals surface area (Å²) in [5.41, 5.74) is 0.819. The quantitative estimate of drug-likeness (QED) is 0.362. The standard InChI is InChI=1S/C18H19N5O3S/c1-4-10-21(11-5-2)15(13-6-8-14(9-7-13)23(25)26)16-17(24)22-18(27-16)19-12(3)20-22/h4-9,15,24H,1-2,10-11H2,3H3. The number of nitro groups is 1. The Bertz CT molecular complexity index is 983. The molecule has 1 N–H and O–H groups in total. The average molecular weight is 385 g/mol. The number of non-ortho nitro benzene ring substituents is 1. The molecule has 0 spiro atoms. The van der Waals surface area contributed by atoms with E-state index in [9.17, 15) is 15.2 Å². The topological polar surface area (TPSA) is 96.8 Å². The summed E-state index contributed by atoms with van der Waals surface area (Å²) in [5.74, 6) is 0.584. The Morgan fingerprint density at radius 3 is 2.48 bits per heavy atom. The smallest absolute Gasteiger partial charge is 0.269 e. The van der Waals surface area contributed by atoms with E-state index >= 15 is 0 Å². The predicted molar refractivity (Wildman–Crippen MR) is 104 cm³/mol. The first-order valence-corrected chi connectivity index (χ1v) is 9.03. The number of nitrogens with zero attached hydrogens (tertiary/aromatic N) is 5. The van der Waals surface area contributed by atoms with Gasteiger partial charge in [0.1, 0.15) is 5.82 Å². The van der Waals surface area contributed by atoms with Crippen LogP contribution < -0.4 is 0 Å². The summed E-state index contributed by atoms with van der Waals surface area (Å²) in [4.78, 5) is 18.2. The summed E-state index contributed by atoms with van der Waals surface area (Å²) in [6.45, 7) is 10.4. The number of hydrogen-bond donors (Lipinski definition) is 1. The van der Waals surface area contributed by atoms with E-state index in [-0.39, 0.29) is 17.6 Å². The zero-order valence-electron chi connectivity index (χ0n) is 14.8. The second-order valence-corrected chi connectivity index (χ2v) is 6.93. The molecule has 1 atom stereocenters. The molecule has 0 aliphatic heterocycles. The van der Waals surface area contributed by atoms with Crippen LogP contribution in [0.25, 0.3) is 4.96 Å². The van der Waals surface area contributed by atoms with Gasteiger partial charge in [0.2, 0.25) is 10.8 Å². The number of hydrogen-bond acceptors (Lipinski definition) is 7. The molecule has 9 heteroatoms. The van der Waals surface area contributed by atoms with Crippen LogP contribution in [-0.4, -0.2) is 42.6 Å². The van der Waals surface area contributed by atoms with Gasteiger partial charge in [0.25, 0.3) is 5.69 Å². The SMILES string of the molecule is C=CCN(CC=C)C(c1ccc([N+](=O)[O-])cc1)c1sc2nc(C)nn2c1O.